The summed E-state index contributed by atoms with van der Waals surface area (Å²) in [5.41, 5.74) is 1.49. The number of ether oxygens (including phenoxy) is 2. The van der Waals surface area contributed by atoms with Gasteiger partial charge in [0.15, 0.2) is 0 Å². The number of carbonyl (C=O) groups is 4. The Bertz CT molecular complexity index is 1220. The topological polar surface area (TPSA) is 114 Å². The van der Waals surface area contributed by atoms with Crippen LogP contribution >= 0.6 is 0 Å². The van der Waals surface area contributed by atoms with Gasteiger partial charge in [0.1, 0.15) is 17.7 Å². The van der Waals surface area contributed by atoms with Gasteiger partial charge in [-0.25, -0.2) is 4.79 Å². The average Bonchev–Trinajstić information content (AvgIpc) is 3.76. The third-order valence-corrected chi connectivity index (χ3v) is 6.39. The van der Waals surface area contributed by atoms with Crippen LogP contribution in [0.3, 0.4) is 0 Å². The van der Waals surface area contributed by atoms with Crippen LogP contribution in [-0.2, 0) is 30.3 Å². The molecule has 1 fully saturated rings. The van der Waals surface area contributed by atoms with Crippen molar-refractivity contribution in [2.75, 3.05) is 13.2 Å². The Kier molecular flexibility index (Phi) is 11.1. The van der Waals surface area contributed by atoms with Gasteiger partial charge in [0, 0.05) is 19.0 Å². The van der Waals surface area contributed by atoms with E-state index in [4.69, 9.17) is 9.47 Å². The first kappa shape index (κ1) is 31.4. The molecule has 0 heterocycles. The molecule has 2 N–H and O–H groups in total. The molecule has 0 bridgehead atoms. The molecule has 1 aliphatic rings. The molecule has 2 aromatic carbocycles. The van der Waals surface area contributed by atoms with Crippen LogP contribution in [0, 0.1) is 0 Å². The molecule has 0 aliphatic heterocycles. The largest absolute Gasteiger partial charge is 0.466 e. The number of nitrogens with one attached hydrogen (secondary N) is 2. The van der Waals surface area contributed by atoms with Crippen LogP contribution in [0.5, 0.6) is 0 Å². The Morgan fingerprint density at radius 3 is 2.39 bits per heavy atom. The average molecular weight is 564 g/mol. The van der Waals surface area contributed by atoms with E-state index in [9.17, 15) is 19.2 Å². The predicted octanol–water partition coefficient (Wildman–Crippen LogP) is 4.57. The smallest absolute Gasteiger partial charge is 0.408 e. The van der Waals surface area contributed by atoms with E-state index in [1.807, 2.05) is 42.5 Å². The summed E-state index contributed by atoms with van der Waals surface area (Å²) in [6, 6.07) is 14.5. The van der Waals surface area contributed by atoms with Gasteiger partial charge < -0.3 is 25.0 Å². The predicted molar refractivity (Wildman–Crippen MR) is 157 cm³/mol. The summed E-state index contributed by atoms with van der Waals surface area (Å²) in [6.07, 6.45) is 2.63. The number of hydrogen-bond donors (Lipinski definition) is 2. The molecule has 220 valence electrons. The van der Waals surface area contributed by atoms with Crippen LogP contribution < -0.4 is 10.6 Å². The summed E-state index contributed by atoms with van der Waals surface area (Å²) in [4.78, 5) is 54.4. The fourth-order valence-electron chi connectivity index (χ4n) is 4.46. The summed E-state index contributed by atoms with van der Waals surface area (Å²) in [7, 11) is 0. The zero-order valence-electron chi connectivity index (χ0n) is 24.4. The van der Waals surface area contributed by atoms with Crippen LogP contribution in [0.4, 0.5) is 4.79 Å². The molecule has 2 aromatic rings. The molecule has 41 heavy (non-hydrogen) atoms. The summed E-state index contributed by atoms with van der Waals surface area (Å²) in [6.45, 7) is 11.1. The lowest BCUT2D eigenvalue weighted by Crippen LogP contribution is -2.54. The zero-order valence-corrected chi connectivity index (χ0v) is 24.4. The van der Waals surface area contributed by atoms with E-state index >= 15 is 0 Å². The van der Waals surface area contributed by atoms with E-state index < -0.39 is 41.6 Å². The van der Waals surface area contributed by atoms with Crippen molar-refractivity contribution in [2.24, 2.45) is 0 Å². The number of rotatable bonds is 13. The Morgan fingerprint density at radius 1 is 1.07 bits per heavy atom. The minimum absolute atomic E-state index is 0.00715. The first-order valence-electron chi connectivity index (χ1n) is 14.0. The van der Waals surface area contributed by atoms with Crippen molar-refractivity contribution in [2.45, 2.75) is 77.1 Å². The van der Waals surface area contributed by atoms with Gasteiger partial charge in [0.25, 0.3) is 0 Å². The first-order chi connectivity index (χ1) is 19.5. The monoisotopic (exact) mass is 563 g/mol. The quantitative estimate of drug-likeness (QED) is 0.345. The first-order valence-corrected chi connectivity index (χ1v) is 14.0. The number of alkyl carbamates (subject to hydrolysis) is 1. The van der Waals surface area contributed by atoms with Crippen molar-refractivity contribution in [3.63, 3.8) is 0 Å². The zero-order chi connectivity index (χ0) is 30.0. The molecule has 0 aromatic heterocycles. The van der Waals surface area contributed by atoms with Crippen LogP contribution in [0.2, 0.25) is 0 Å². The molecule has 9 heteroatoms. The van der Waals surface area contributed by atoms with E-state index in [0.29, 0.717) is 5.56 Å². The van der Waals surface area contributed by atoms with E-state index in [0.717, 1.165) is 24.0 Å². The summed E-state index contributed by atoms with van der Waals surface area (Å²) in [5.74, 6) is -1.24. The highest BCUT2D eigenvalue weighted by Gasteiger charge is 2.44. The molecule has 1 saturated carbocycles. The third-order valence-electron chi connectivity index (χ3n) is 6.39. The molecule has 0 saturated heterocycles. The normalized spacial score (nSPS) is 14.2. The lowest BCUT2D eigenvalue weighted by Gasteiger charge is -2.35. The van der Waals surface area contributed by atoms with Gasteiger partial charge in [-0.15, -0.1) is 0 Å². The SMILES string of the molecule is C=Cc1cccc(C(C(=O)NCCC(=O)OCC)N(C(=O)C(Cc2ccccc2)NC(=O)OC(C)(C)C)C2CC2)c1. The Labute approximate surface area is 242 Å². The van der Waals surface area contributed by atoms with Gasteiger partial charge in [-0.2, -0.15) is 0 Å². The lowest BCUT2D eigenvalue weighted by molar-refractivity contribution is -0.144. The van der Waals surface area contributed by atoms with Crippen molar-refractivity contribution in [3.8, 4) is 0 Å². The summed E-state index contributed by atoms with van der Waals surface area (Å²) in [5, 5.41) is 5.58. The van der Waals surface area contributed by atoms with Gasteiger partial charge >= 0.3 is 12.1 Å². The number of carbonyl (C=O) groups excluding carboxylic acids is 4. The van der Waals surface area contributed by atoms with Crippen molar-refractivity contribution >= 4 is 30.0 Å². The standard InChI is InChI=1S/C32H41N3O6/c1-6-22-14-11-15-24(20-22)28(29(37)33-19-18-27(36)40-7-2)35(25-16-17-25)30(38)26(21-23-12-9-8-10-13-23)34-31(39)41-32(3,4)5/h6,8-15,20,25-26,28H,1,7,16-19,21H2,2-5H3,(H,33,37)(H,34,39). The molecule has 2 unspecified atom stereocenters. The Hall–Kier alpha value is -4.14. The Morgan fingerprint density at radius 2 is 1.78 bits per heavy atom. The van der Waals surface area contributed by atoms with Gasteiger partial charge in [0.2, 0.25) is 11.8 Å². The highest BCUT2D eigenvalue weighted by atomic mass is 16.6. The summed E-state index contributed by atoms with van der Waals surface area (Å²) >= 11 is 0. The van der Waals surface area contributed by atoms with Crippen LogP contribution in [-0.4, -0.2) is 59.6 Å². The number of esters is 1. The third kappa shape index (κ3) is 9.77. The number of amides is 3. The molecule has 9 nitrogen and oxygen atoms in total. The molecule has 1 aliphatic carbocycles. The second kappa shape index (κ2) is 14.5. The van der Waals surface area contributed by atoms with E-state index in [1.165, 1.54) is 0 Å². The molecule has 0 spiro atoms. The maximum atomic E-state index is 14.4. The van der Waals surface area contributed by atoms with Gasteiger partial charge in [-0.05, 0) is 63.3 Å². The highest BCUT2D eigenvalue weighted by molar-refractivity contribution is 5.93. The number of nitrogens with zero attached hydrogens (tertiary/aromatic N) is 1. The maximum Gasteiger partial charge on any atom is 0.408 e. The maximum absolute atomic E-state index is 14.4. The molecule has 3 amide bonds. The fourth-order valence-corrected chi connectivity index (χ4v) is 4.46. The molecular weight excluding hydrogens is 522 g/mol. The number of benzene rings is 2. The molecule has 2 atom stereocenters. The molecule has 0 radical (unpaired) electrons. The van der Waals surface area contributed by atoms with Gasteiger partial charge in [-0.1, -0.05) is 61.2 Å². The second-order valence-electron chi connectivity index (χ2n) is 11.0. The van der Waals surface area contributed by atoms with Gasteiger partial charge in [0.05, 0.1) is 13.0 Å². The van der Waals surface area contributed by atoms with Crippen molar-refractivity contribution in [1.82, 2.24) is 15.5 Å². The molecule has 3 rings (SSSR count). The van der Waals surface area contributed by atoms with E-state index in [1.54, 1.807) is 50.8 Å². The highest BCUT2D eigenvalue weighted by Crippen LogP contribution is 2.36. The fraction of sp³-hybridized carbons (Fsp3) is 0.438. The number of hydrogen-bond acceptors (Lipinski definition) is 6. The van der Waals surface area contributed by atoms with E-state index in [-0.39, 0.29) is 32.0 Å². The Balaban J connectivity index is 1.97. The lowest BCUT2D eigenvalue weighted by atomic mass is 9.98. The van der Waals surface area contributed by atoms with Crippen molar-refractivity contribution in [3.05, 3.63) is 77.9 Å². The van der Waals surface area contributed by atoms with E-state index in [2.05, 4.69) is 17.2 Å². The van der Waals surface area contributed by atoms with Crippen molar-refractivity contribution in [1.29, 1.82) is 0 Å². The summed E-state index contributed by atoms with van der Waals surface area (Å²) < 4.78 is 10.4. The minimum atomic E-state index is -0.990. The molecular formula is C32H41N3O6. The van der Waals surface area contributed by atoms with Crippen LogP contribution in [0.15, 0.2) is 61.2 Å². The van der Waals surface area contributed by atoms with Crippen LogP contribution in [0.1, 0.15) is 69.7 Å². The second-order valence-corrected chi connectivity index (χ2v) is 11.0. The minimum Gasteiger partial charge on any atom is -0.466 e. The van der Waals surface area contributed by atoms with Gasteiger partial charge in [-0.3, -0.25) is 14.4 Å². The van der Waals surface area contributed by atoms with Crippen molar-refractivity contribution < 1.29 is 28.7 Å². The van der Waals surface area contributed by atoms with Crippen LogP contribution in [0.25, 0.3) is 6.08 Å².